The zero-order valence-corrected chi connectivity index (χ0v) is 18.4. The molecule has 1 unspecified atom stereocenters. The molecule has 0 radical (unpaired) electrons. The third-order valence-electron chi connectivity index (χ3n) is 4.93. The van der Waals surface area contributed by atoms with Gasteiger partial charge in [-0.1, -0.05) is 41.9 Å². The largest absolute Gasteiger partial charge is 0.343 e. The molecule has 8 nitrogen and oxygen atoms in total. The molecule has 0 saturated heterocycles. The Morgan fingerprint density at radius 1 is 1.21 bits per heavy atom. The minimum atomic E-state index is -0.440. The zero-order chi connectivity index (χ0) is 23.4. The summed E-state index contributed by atoms with van der Waals surface area (Å²) in [5.74, 6) is -0.00701. The Morgan fingerprint density at radius 3 is 2.73 bits per heavy atom. The van der Waals surface area contributed by atoms with E-state index in [1.54, 1.807) is 17.0 Å². The van der Waals surface area contributed by atoms with Crippen LogP contribution in [0.5, 0.6) is 0 Å². The quantitative estimate of drug-likeness (QED) is 0.381. The van der Waals surface area contributed by atoms with E-state index in [1.807, 2.05) is 37.3 Å². The van der Waals surface area contributed by atoms with Crippen molar-refractivity contribution < 1.29 is 9.18 Å². The Morgan fingerprint density at radius 2 is 2.00 bits per heavy atom. The van der Waals surface area contributed by atoms with E-state index in [1.165, 1.54) is 24.5 Å². The first-order valence-electron chi connectivity index (χ1n) is 10.1. The van der Waals surface area contributed by atoms with Crippen LogP contribution in [0.15, 0.2) is 67.3 Å². The zero-order valence-electron chi connectivity index (χ0n) is 17.7. The molecule has 0 bridgehead atoms. The average molecular weight is 466 g/mol. The van der Waals surface area contributed by atoms with E-state index in [9.17, 15) is 9.18 Å². The van der Waals surface area contributed by atoms with Crippen LogP contribution in [-0.4, -0.2) is 32.0 Å². The van der Waals surface area contributed by atoms with Crippen molar-refractivity contribution in [2.24, 2.45) is 5.73 Å². The molecule has 0 spiro atoms. The summed E-state index contributed by atoms with van der Waals surface area (Å²) in [4.78, 5) is 25.7. The first-order valence-corrected chi connectivity index (χ1v) is 10.5. The SMILES string of the molecule is Cc1cnc(Nc2ccc(F)cc2Cl)nc1-n1cnc(C(=O)NC(CN)c2ccccc2)c1. The van der Waals surface area contributed by atoms with Crippen LogP contribution < -0.4 is 16.4 Å². The number of aromatic nitrogens is 4. The number of imidazole rings is 1. The maximum atomic E-state index is 13.3. The van der Waals surface area contributed by atoms with Gasteiger partial charge >= 0.3 is 0 Å². The molecule has 4 N–H and O–H groups in total. The number of halogens is 2. The molecule has 2 aromatic carbocycles. The van der Waals surface area contributed by atoms with Crippen LogP contribution in [0.2, 0.25) is 5.02 Å². The van der Waals surface area contributed by atoms with Crippen LogP contribution in [0.3, 0.4) is 0 Å². The summed E-state index contributed by atoms with van der Waals surface area (Å²) in [6, 6.07) is 13.1. The van der Waals surface area contributed by atoms with Crippen LogP contribution in [0, 0.1) is 12.7 Å². The highest BCUT2D eigenvalue weighted by Crippen LogP contribution is 2.25. The van der Waals surface area contributed by atoms with Crippen LogP contribution in [0.1, 0.15) is 27.7 Å². The number of carbonyl (C=O) groups is 1. The van der Waals surface area contributed by atoms with Crippen LogP contribution in [0.25, 0.3) is 5.82 Å². The monoisotopic (exact) mass is 465 g/mol. The van der Waals surface area contributed by atoms with Crippen molar-refractivity contribution in [2.45, 2.75) is 13.0 Å². The highest BCUT2D eigenvalue weighted by atomic mass is 35.5. The van der Waals surface area contributed by atoms with Crippen molar-refractivity contribution in [1.29, 1.82) is 0 Å². The topological polar surface area (TPSA) is 111 Å². The third-order valence-corrected chi connectivity index (χ3v) is 5.24. The van der Waals surface area contributed by atoms with E-state index in [0.29, 0.717) is 11.5 Å². The lowest BCUT2D eigenvalue weighted by molar-refractivity contribution is 0.0933. The molecule has 10 heteroatoms. The fourth-order valence-corrected chi connectivity index (χ4v) is 3.43. The van der Waals surface area contributed by atoms with Crippen molar-refractivity contribution >= 4 is 29.1 Å². The number of nitrogens with one attached hydrogen (secondary N) is 2. The maximum absolute atomic E-state index is 13.3. The Bertz CT molecular complexity index is 1280. The van der Waals surface area contributed by atoms with Crippen molar-refractivity contribution in [3.05, 3.63) is 94.9 Å². The number of nitrogens with zero attached hydrogens (tertiary/aromatic N) is 4. The number of rotatable bonds is 7. The minimum absolute atomic E-state index is 0.204. The van der Waals surface area contributed by atoms with Gasteiger partial charge in [0.1, 0.15) is 23.7 Å². The van der Waals surface area contributed by atoms with Gasteiger partial charge in [0.25, 0.3) is 5.91 Å². The van der Waals surface area contributed by atoms with Gasteiger partial charge < -0.3 is 16.4 Å². The second-order valence-electron chi connectivity index (χ2n) is 7.29. The van der Waals surface area contributed by atoms with E-state index >= 15 is 0 Å². The highest BCUT2D eigenvalue weighted by Gasteiger charge is 2.17. The Kier molecular flexibility index (Phi) is 6.62. The molecule has 1 atom stereocenters. The lowest BCUT2D eigenvalue weighted by Gasteiger charge is -2.16. The van der Waals surface area contributed by atoms with Gasteiger partial charge in [-0.25, -0.2) is 14.4 Å². The van der Waals surface area contributed by atoms with Gasteiger partial charge in [-0.15, -0.1) is 0 Å². The van der Waals surface area contributed by atoms with Crippen LogP contribution in [-0.2, 0) is 0 Å². The van der Waals surface area contributed by atoms with E-state index in [4.69, 9.17) is 17.3 Å². The predicted octanol–water partition coefficient (Wildman–Crippen LogP) is 3.94. The summed E-state index contributed by atoms with van der Waals surface area (Å²) in [5.41, 5.74) is 8.21. The molecule has 33 heavy (non-hydrogen) atoms. The Hall–Kier alpha value is -3.82. The van der Waals surface area contributed by atoms with Gasteiger partial charge in [0, 0.05) is 24.5 Å². The Labute approximate surface area is 194 Å². The van der Waals surface area contributed by atoms with E-state index < -0.39 is 5.82 Å². The molecule has 4 rings (SSSR count). The molecule has 0 aliphatic rings. The molecule has 0 aliphatic carbocycles. The van der Waals surface area contributed by atoms with Crippen molar-refractivity contribution in [2.75, 3.05) is 11.9 Å². The Balaban J connectivity index is 1.54. The standard InChI is InChI=1S/C23H21ClFN7O/c1-14-11-27-23(30-18-8-7-16(25)9-17(18)24)31-21(14)32-12-20(28-13-32)22(33)29-19(10-26)15-5-3-2-4-6-15/h2-9,11-13,19H,10,26H2,1H3,(H,29,33)(H,27,30,31). The molecule has 0 saturated carbocycles. The van der Waals surface area contributed by atoms with Gasteiger partial charge in [0.2, 0.25) is 5.95 Å². The number of hydrogen-bond donors (Lipinski definition) is 3. The lowest BCUT2D eigenvalue weighted by Crippen LogP contribution is -2.33. The number of anilines is 2. The summed E-state index contributed by atoms with van der Waals surface area (Å²) in [6.07, 6.45) is 4.71. The molecule has 0 fully saturated rings. The molecule has 2 aromatic heterocycles. The summed E-state index contributed by atoms with van der Waals surface area (Å²) in [6.45, 7) is 2.09. The van der Waals surface area contributed by atoms with E-state index in [2.05, 4.69) is 25.6 Å². The third kappa shape index (κ3) is 5.16. The molecule has 2 heterocycles. The molecule has 1 amide bonds. The molecular weight excluding hydrogens is 445 g/mol. The first kappa shape index (κ1) is 22.4. The fourth-order valence-electron chi connectivity index (χ4n) is 3.22. The average Bonchev–Trinajstić information content (AvgIpc) is 3.31. The van der Waals surface area contributed by atoms with Crippen LogP contribution >= 0.6 is 11.6 Å². The lowest BCUT2D eigenvalue weighted by atomic mass is 10.1. The summed E-state index contributed by atoms with van der Waals surface area (Å²) in [5, 5.41) is 6.08. The second kappa shape index (κ2) is 9.76. The molecule has 4 aromatic rings. The first-order chi connectivity index (χ1) is 15.9. The van der Waals surface area contributed by atoms with Crippen LogP contribution in [0.4, 0.5) is 16.0 Å². The van der Waals surface area contributed by atoms with Gasteiger partial charge in [0.05, 0.1) is 16.8 Å². The van der Waals surface area contributed by atoms with Gasteiger partial charge in [-0.05, 0) is 30.7 Å². The number of hydrogen-bond acceptors (Lipinski definition) is 6. The smallest absolute Gasteiger partial charge is 0.272 e. The fraction of sp³-hybridized carbons (Fsp3) is 0.130. The van der Waals surface area contributed by atoms with Gasteiger partial charge in [-0.3, -0.25) is 9.36 Å². The molecule has 168 valence electrons. The number of aryl methyl sites for hydroxylation is 1. The highest BCUT2D eigenvalue weighted by molar-refractivity contribution is 6.33. The minimum Gasteiger partial charge on any atom is -0.343 e. The number of nitrogens with two attached hydrogens (primary N) is 1. The van der Waals surface area contributed by atoms with Gasteiger partial charge in [-0.2, -0.15) is 4.98 Å². The maximum Gasteiger partial charge on any atom is 0.272 e. The normalized spacial score (nSPS) is 11.8. The number of benzene rings is 2. The second-order valence-corrected chi connectivity index (χ2v) is 7.70. The summed E-state index contributed by atoms with van der Waals surface area (Å²) in [7, 11) is 0. The van der Waals surface area contributed by atoms with E-state index in [-0.39, 0.29) is 35.2 Å². The van der Waals surface area contributed by atoms with Gasteiger partial charge in [0.15, 0.2) is 0 Å². The number of amides is 1. The molecule has 0 aliphatic heterocycles. The van der Waals surface area contributed by atoms with Crippen molar-refractivity contribution in [3.63, 3.8) is 0 Å². The number of carbonyl (C=O) groups excluding carboxylic acids is 1. The molecular formula is C23H21ClFN7O. The van der Waals surface area contributed by atoms with Crippen molar-refractivity contribution in [3.8, 4) is 5.82 Å². The van der Waals surface area contributed by atoms with Crippen molar-refractivity contribution in [1.82, 2.24) is 24.8 Å². The summed E-state index contributed by atoms with van der Waals surface area (Å²) < 4.78 is 14.9. The summed E-state index contributed by atoms with van der Waals surface area (Å²) >= 11 is 6.08. The van der Waals surface area contributed by atoms with E-state index in [0.717, 1.165) is 11.1 Å². The predicted molar refractivity (Wildman–Crippen MR) is 124 cm³/mol.